The lowest BCUT2D eigenvalue weighted by atomic mass is 10.1. The highest BCUT2D eigenvalue weighted by molar-refractivity contribution is 8.15. The highest BCUT2D eigenvalue weighted by Gasteiger charge is 2.32. The van der Waals surface area contributed by atoms with Gasteiger partial charge in [0.15, 0.2) is 0 Å². The molecule has 0 fully saturated rings. The van der Waals surface area contributed by atoms with E-state index in [4.69, 9.17) is 8.85 Å². The zero-order valence-corrected chi connectivity index (χ0v) is 24.4. The van der Waals surface area contributed by atoms with Gasteiger partial charge in [-0.25, -0.2) is 0 Å². The van der Waals surface area contributed by atoms with E-state index in [1.165, 1.54) is 76.0 Å². The average Bonchev–Trinajstić information content (AvgIpc) is 2.79. The molecule has 33 heavy (non-hydrogen) atoms. The second kappa shape index (κ2) is 22.3. The molecule has 0 aromatic heterocycles. The van der Waals surface area contributed by atoms with Gasteiger partial charge < -0.3 is 8.85 Å². The van der Waals surface area contributed by atoms with Gasteiger partial charge in [-0.15, -0.1) is 0 Å². The van der Waals surface area contributed by atoms with Crippen LogP contribution in [0.15, 0.2) is 0 Å². The molecule has 4 nitrogen and oxygen atoms in total. The van der Waals surface area contributed by atoms with Gasteiger partial charge in [-0.05, 0) is 45.7 Å². The summed E-state index contributed by atoms with van der Waals surface area (Å²) < 4.78 is 12.0. The van der Waals surface area contributed by atoms with Crippen molar-refractivity contribution in [1.29, 1.82) is 0 Å². The molecule has 1 unspecified atom stereocenters. The standard InChI is InChI=1S/C27H54O4SSi/c1-6-10-12-14-15-16-18-20-22-26(28)27(29)32-25(21-19-17-13-11-7-2)23-24-33(5,30-8-3)31-9-4/h25H,6-24H2,1-5H3. The van der Waals surface area contributed by atoms with Crippen molar-refractivity contribution in [2.45, 2.75) is 148 Å². The van der Waals surface area contributed by atoms with E-state index in [0.29, 0.717) is 19.6 Å². The fraction of sp³-hybridized carbons (Fsp3) is 0.926. The third-order valence-electron chi connectivity index (χ3n) is 6.21. The summed E-state index contributed by atoms with van der Waals surface area (Å²) in [4.78, 5) is 25.1. The van der Waals surface area contributed by atoms with Gasteiger partial charge in [-0.2, -0.15) is 0 Å². The molecule has 0 aromatic carbocycles. The van der Waals surface area contributed by atoms with Crippen LogP contribution in [0, 0.1) is 0 Å². The molecule has 0 amide bonds. The van der Waals surface area contributed by atoms with Gasteiger partial charge in [0, 0.05) is 24.9 Å². The van der Waals surface area contributed by atoms with Gasteiger partial charge in [0.1, 0.15) is 0 Å². The van der Waals surface area contributed by atoms with Crippen LogP contribution in [0.2, 0.25) is 12.6 Å². The van der Waals surface area contributed by atoms with Crippen molar-refractivity contribution in [3.05, 3.63) is 0 Å². The summed E-state index contributed by atoms with van der Waals surface area (Å²) in [5, 5.41) is -0.0397. The van der Waals surface area contributed by atoms with Gasteiger partial charge in [0.05, 0.1) is 0 Å². The van der Waals surface area contributed by atoms with Crippen molar-refractivity contribution in [2.24, 2.45) is 0 Å². The number of ketones is 1. The number of unbranched alkanes of at least 4 members (excludes halogenated alkanes) is 11. The fourth-order valence-electron chi connectivity index (χ4n) is 4.20. The zero-order chi connectivity index (χ0) is 24.8. The van der Waals surface area contributed by atoms with E-state index in [1.807, 2.05) is 13.8 Å². The SMILES string of the molecule is CCCCCCCCCCC(=O)C(=O)SC(CCCCCCC)CC[Si](C)(OCC)OCC. The quantitative estimate of drug-likeness (QED) is 0.0751. The van der Waals surface area contributed by atoms with Crippen LogP contribution in [-0.4, -0.2) is 37.9 Å². The molecule has 0 aliphatic carbocycles. The molecule has 0 saturated carbocycles. The Hall–Kier alpha value is -0.173. The summed E-state index contributed by atoms with van der Waals surface area (Å²) >= 11 is 1.29. The van der Waals surface area contributed by atoms with Crippen molar-refractivity contribution in [2.75, 3.05) is 13.2 Å². The van der Waals surface area contributed by atoms with Crippen LogP contribution in [0.1, 0.15) is 130 Å². The lowest BCUT2D eigenvalue weighted by molar-refractivity contribution is -0.131. The summed E-state index contributed by atoms with van der Waals surface area (Å²) in [5.74, 6) is -0.184. The van der Waals surface area contributed by atoms with Crippen molar-refractivity contribution < 1.29 is 18.4 Å². The van der Waals surface area contributed by atoms with E-state index < -0.39 is 8.56 Å². The lowest BCUT2D eigenvalue weighted by Crippen LogP contribution is -2.39. The Morgan fingerprint density at radius 3 is 1.70 bits per heavy atom. The van der Waals surface area contributed by atoms with Crippen LogP contribution in [0.3, 0.4) is 0 Å². The highest BCUT2D eigenvalue weighted by Crippen LogP contribution is 2.28. The summed E-state index contributed by atoms with van der Waals surface area (Å²) in [6, 6.07) is 0.876. The number of hydrogen-bond donors (Lipinski definition) is 0. The average molecular weight is 503 g/mol. The van der Waals surface area contributed by atoms with Crippen LogP contribution in [0.4, 0.5) is 0 Å². The van der Waals surface area contributed by atoms with Crippen molar-refractivity contribution in [1.82, 2.24) is 0 Å². The Balaban J connectivity index is 4.52. The Morgan fingerprint density at radius 1 is 0.697 bits per heavy atom. The second-order valence-corrected chi connectivity index (χ2v) is 14.0. The molecule has 196 valence electrons. The predicted octanol–water partition coefficient (Wildman–Crippen LogP) is 8.61. The van der Waals surface area contributed by atoms with Crippen LogP contribution in [0.25, 0.3) is 0 Å². The van der Waals surface area contributed by atoms with Gasteiger partial charge in [-0.1, -0.05) is 103 Å². The van der Waals surface area contributed by atoms with Crippen LogP contribution >= 0.6 is 11.8 Å². The lowest BCUT2D eigenvalue weighted by Gasteiger charge is -2.27. The van der Waals surface area contributed by atoms with Crippen molar-refractivity contribution >= 4 is 31.2 Å². The minimum absolute atomic E-state index is 0.184. The molecule has 0 aromatic rings. The van der Waals surface area contributed by atoms with Crippen molar-refractivity contribution in [3.63, 3.8) is 0 Å². The van der Waals surface area contributed by atoms with E-state index >= 15 is 0 Å². The topological polar surface area (TPSA) is 52.6 Å². The monoisotopic (exact) mass is 502 g/mol. The maximum Gasteiger partial charge on any atom is 0.334 e. The van der Waals surface area contributed by atoms with Crippen LogP contribution < -0.4 is 0 Å². The largest absolute Gasteiger partial charge is 0.395 e. The van der Waals surface area contributed by atoms with Gasteiger partial charge in [-0.3, -0.25) is 9.59 Å². The zero-order valence-electron chi connectivity index (χ0n) is 22.6. The maximum atomic E-state index is 12.7. The highest BCUT2D eigenvalue weighted by atomic mass is 32.2. The van der Waals surface area contributed by atoms with E-state index in [0.717, 1.165) is 38.1 Å². The van der Waals surface area contributed by atoms with E-state index in [-0.39, 0.29) is 16.1 Å². The van der Waals surface area contributed by atoms with Gasteiger partial charge >= 0.3 is 8.56 Å². The third kappa shape index (κ3) is 18.8. The molecule has 0 aliphatic heterocycles. The molecule has 0 saturated heterocycles. The van der Waals surface area contributed by atoms with Crippen molar-refractivity contribution in [3.8, 4) is 0 Å². The van der Waals surface area contributed by atoms with E-state index in [1.54, 1.807) is 0 Å². The first-order valence-electron chi connectivity index (χ1n) is 13.9. The van der Waals surface area contributed by atoms with E-state index in [9.17, 15) is 9.59 Å². The number of carbonyl (C=O) groups is 2. The number of rotatable bonds is 24. The van der Waals surface area contributed by atoms with E-state index in [2.05, 4.69) is 20.4 Å². The summed E-state index contributed by atoms with van der Waals surface area (Å²) in [6.07, 6.45) is 17.9. The minimum Gasteiger partial charge on any atom is -0.395 e. The molecule has 6 heteroatoms. The maximum absolute atomic E-state index is 12.7. The smallest absolute Gasteiger partial charge is 0.334 e. The molecule has 0 radical (unpaired) electrons. The Morgan fingerprint density at radius 2 is 1.18 bits per heavy atom. The molecule has 1 atom stereocenters. The second-order valence-electron chi connectivity index (χ2n) is 9.42. The molecule has 0 rings (SSSR count). The van der Waals surface area contributed by atoms with Crippen LogP contribution in [0.5, 0.6) is 0 Å². The number of thioether (sulfide) groups is 1. The van der Waals surface area contributed by atoms with Gasteiger partial charge in [0.2, 0.25) is 5.78 Å². The Bertz CT molecular complexity index is 481. The molecule has 0 heterocycles. The number of carbonyl (C=O) groups excluding carboxylic acids is 2. The molecule has 0 N–H and O–H groups in total. The summed E-state index contributed by atoms with van der Waals surface area (Å²) in [5.41, 5.74) is 0. The first kappa shape index (κ1) is 32.8. The predicted molar refractivity (Wildman–Crippen MR) is 146 cm³/mol. The fourth-order valence-corrected chi connectivity index (χ4v) is 7.93. The molecule has 0 spiro atoms. The molecule has 0 bridgehead atoms. The minimum atomic E-state index is -2.20. The molecular weight excluding hydrogens is 448 g/mol. The molecular formula is C27H54O4SSi. The van der Waals surface area contributed by atoms with Gasteiger partial charge in [0.25, 0.3) is 5.12 Å². The van der Waals surface area contributed by atoms with Crippen LogP contribution in [-0.2, 0) is 18.4 Å². The molecule has 0 aliphatic rings. The number of hydrogen-bond acceptors (Lipinski definition) is 5. The first-order chi connectivity index (χ1) is 15.9. The summed E-state index contributed by atoms with van der Waals surface area (Å²) in [7, 11) is -2.20. The number of Topliss-reactive ketones (excluding diaryl/α,β-unsaturated/α-hetero) is 1. The first-order valence-corrected chi connectivity index (χ1v) is 17.3. The third-order valence-corrected chi connectivity index (χ3v) is 10.5. The summed E-state index contributed by atoms with van der Waals surface area (Å²) in [6.45, 7) is 11.9. The normalized spacial score (nSPS) is 12.8. The Kier molecular flexibility index (Phi) is 22.2. The Labute approximate surface area is 211 Å².